The van der Waals surface area contributed by atoms with Crippen LogP contribution in [0.25, 0.3) is 6.08 Å². The number of halogens is 1. The molecule has 0 N–H and O–H groups in total. The highest BCUT2D eigenvalue weighted by Crippen LogP contribution is 2.17. The maximum absolute atomic E-state index is 13.4. The Bertz CT molecular complexity index is 1190. The van der Waals surface area contributed by atoms with Gasteiger partial charge < -0.3 is 9.80 Å². The molecule has 0 radical (unpaired) electrons. The summed E-state index contributed by atoms with van der Waals surface area (Å²) in [5.74, 6) is -0.887. The van der Waals surface area contributed by atoms with Gasteiger partial charge in [-0.2, -0.15) is 0 Å². The minimum absolute atomic E-state index is 0.0303. The first kappa shape index (κ1) is 26.7. The number of hydrogen-bond acceptors (Lipinski definition) is 5. The van der Waals surface area contributed by atoms with Gasteiger partial charge in [-0.3, -0.25) is 19.7 Å². The number of thiophene rings is 1. The first-order valence-corrected chi connectivity index (χ1v) is 12.4. The summed E-state index contributed by atoms with van der Waals surface area (Å²) in [4.78, 5) is 41.1. The molecule has 0 aliphatic rings. The molecule has 0 spiro atoms. The molecule has 36 heavy (non-hydrogen) atoms. The van der Waals surface area contributed by atoms with E-state index in [9.17, 15) is 24.1 Å². The first-order chi connectivity index (χ1) is 17.3. The minimum atomic E-state index is -0.483. The average molecular weight is 510 g/mol. The lowest BCUT2D eigenvalue weighted by Crippen LogP contribution is -2.45. The van der Waals surface area contributed by atoms with E-state index < -0.39 is 4.92 Å². The predicted molar refractivity (Wildman–Crippen MR) is 139 cm³/mol. The van der Waals surface area contributed by atoms with Crippen molar-refractivity contribution in [1.29, 1.82) is 0 Å². The number of carbonyl (C=O) groups is 2. The van der Waals surface area contributed by atoms with Crippen molar-refractivity contribution in [2.45, 2.75) is 39.4 Å². The number of non-ortho nitro benzene ring substituents is 1. The second-order valence-corrected chi connectivity index (χ2v) is 9.39. The molecule has 188 valence electrons. The Morgan fingerprint density at radius 1 is 1.08 bits per heavy atom. The Balaban J connectivity index is 1.76. The maximum atomic E-state index is 13.4. The third-order valence-corrected chi connectivity index (χ3v) is 6.66. The molecule has 0 saturated heterocycles. The third kappa shape index (κ3) is 7.58. The van der Waals surface area contributed by atoms with Gasteiger partial charge in [0.15, 0.2) is 0 Å². The Morgan fingerprint density at radius 3 is 2.36 bits per heavy atom. The van der Waals surface area contributed by atoms with Crippen molar-refractivity contribution in [2.75, 3.05) is 6.54 Å². The zero-order valence-electron chi connectivity index (χ0n) is 20.2. The van der Waals surface area contributed by atoms with Gasteiger partial charge in [0.05, 0.1) is 11.5 Å². The van der Waals surface area contributed by atoms with Gasteiger partial charge in [-0.25, -0.2) is 4.39 Å². The number of nitrogens with zero attached hydrogens (tertiary/aromatic N) is 3. The van der Waals surface area contributed by atoms with Gasteiger partial charge >= 0.3 is 0 Å². The SMILES string of the molecule is CCC(C)N(CC(=O)N(Cc1ccc(F)cc1)Cc1cccs1)C(=O)/C=C/c1ccc([N+](=O)[O-])cc1. The summed E-state index contributed by atoms with van der Waals surface area (Å²) in [7, 11) is 0. The van der Waals surface area contributed by atoms with Gasteiger partial charge in [-0.1, -0.05) is 25.1 Å². The monoisotopic (exact) mass is 509 g/mol. The standard InChI is InChI=1S/C27H28FN3O4S/c1-3-20(2)30(26(32)15-10-21-8-13-24(14-9-21)31(34)35)19-27(33)29(18-25-5-4-16-36-25)17-22-6-11-23(28)12-7-22/h4-16,20H,3,17-19H2,1-2H3/b15-10+. The van der Waals surface area contributed by atoms with E-state index in [1.54, 1.807) is 35.2 Å². The Kier molecular flexibility index (Phi) is 9.46. The highest BCUT2D eigenvalue weighted by atomic mass is 32.1. The average Bonchev–Trinajstić information content (AvgIpc) is 3.39. The molecule has 1 aromatic heterocycles. The topological polar surface area (TPSA) is 83.8 Å². The molecule has 0 aliphatic heterocycles. The molecule has 2 aromatic carbocycles. The molecule has 3 rings (SSSR count). The summed E-state index contributed by atoms with van der Waals surface area (Å²) < 4.78 is 13.4. The fraction of sp³-hybridized carbons (Fsp3) is 0.259. The normalized spacial score (nSPS) is 11.9. The largest absolute Gasteiger partial charge is 0.332 e. The van der Waals surface area contributed by atoms with Crippen LogP contribution in [0.4, 0.5) is 10.1 Å². The summed E-state index contributed by atoms with van der Waals surface area (Å²) in [5, 5.41) is 12.8. The number of nitro benzene ring substituents is 1. The van der Waals surface area contributed by atoms with Crippen LogP contribution in [0.3, 0.4) is 0 Å². The van der Waals surface area contributed by atoms with Gasteiger partial charge in [0.2, 0.25) is 11.8 Å². The lowest BCUT2D eigenvalue weighted by Gasteiger charge is -2.30. The number of benzene rings is 2. The van der Waals surface area contributed by atoms with Gasteiger partial charge in [0.1, 0.15) is 12.4 Å². The van der Waals surface area contributed by atoms with Crippen LogP contribution in [0.5, 0.6) is 0 Å². The zero-order valence-corrected chi connectivity index (χ0v) is 21.0. The Hall–Kier alpha value is -3.85. The van der Waals surface area contributed by atoms with Gasteiger partial charge in [0, 0.05) is 35.7 Å². The van der Waals surface area contributed by atoms with Gasteiger partial charge in [-0.05, 0) is 66.3 Å². The summed E-state index contributed by atoms with van der Waals surface area (Å²) in [5.41, 5.74) is 1.40. The second-order valence-electron chi connectivity index (χ2n) is 8.36. The van der Waals surface area contributed by atoms with Crippen molar-refractivity contribution >= 4 is 34.9 Å². The Labute approximate surface area is 213 Å². The zero-order chi connectivity index (χ0) is 26.1. The predicted octanol–water partition coefficient (Wildman–Crippen LogP) is 5.66. The summed E-state index contributed by atoms with van der Waals surface area (Å²) in [6, 6.07) is 15.6. The number of hydrogen-bond donors (Lipinski definition) is 0. The van der Waals surface area contributed by atoms with Crippen LogP contribution in [0.1, 0.15) is 36.3 Å². The van der Waals surface area contributed by atoms with Crippen LogP contribution in [0.2, 0.25) is 0 Å². The van der Waals surface area contributed by atoms with Gasteiger partial charge in [0.25, 0.3) is 5.69 Å². The molecule has 0 fully saturated rings. The fourth-order valence-electron chi connectivity index (χ4n) is 3.52. The molecule has 9 heteroatoms. The van der Waals surface area contributed by atoms with Crippen molar-refractivity contribution in [3.63, 3.8) is 0 Å². The van der Waals surface area contributed by atoms with Crippen LogP contribution in [0, 0.1) is 15.9 Å². The quantitative estimate of drug-likeness (QED) is 0.190. The van der Waals surface area contributed by atoms with Crippen LogP contribution >= 0.6 is 11.3 Å². The highest BCUT2D eigenvalue weighted by Gasteiger charge is 2.24. The Morgan fingerprint density at radius 2 is 1.78 bits per heavy atom. The molecule has 0 saturated carbocycles. The summed E-state index contributed by atoms with van der Waals surface area (Å²) >= 11 is 1.54. The molecule has 0 aliphatic carbocycles. The molecular weight excluding hydrogens is 481 g/mol. The lowest BCUT2D eigenvalue weighted by molar-refractivity contribution is -0.384. The number of amides is 2. The molecule has 3 aromatic rings. The molecular formula is C27H28FN3O4S. The van der Waals surface area contributed by atoms with E-state index in [0.29, 0.717) is 18.5 Å². The van der Waals surface area contributed by atoms with E-state index in [4.69, 9.17) is 0 Å². The highest BCUT2D eigenvalue weighted by molar-refractivity contribution is 7.09. The van der Waals surface area contributed by atoms with Crippen molar-refractivity contribution in [1.82, 2.24) is 9.80 Å². The first-order valence-electron chi connectivity index (χ1n) is 11.5. The second kappa shape index (κ2) is 12.7. The van der Waals surface area contributed by atoms with E-state index >= 15 is 0 Å². The van der Waals surface area contributed by atoms with Crippen LogP contribution in [-0.2, 0) is 22.7 Å². The van der Waals surface area contributed by atoms with E-state index in [2.05, 4.69) is 0 Å². The van der Waals surface area contributed by atoms with Crippen LogP contribution < -0.4 is 0 Å². The lowest BCUT2D eigenvalue weighted by atomic mass is 10.1. The van der Waals surface area contributed by atoms with Crippen molar-refractivity contribution < 1.29 is 18.9 Å². The number of nitro groups is 1. The van der Waals surface area contributed by atoms with Crippen LogP contribution in [0.15, 0.2) is 72.1 Å². The molecule has 1 heterocycles. The van der Waals surface area contributed by atoms with E-state index in [0.717, 1.165) is 10.4 Å². The van der Waals surface area contributed by atoms with Crippen molar-refractivity contribution in [3.8, 4) is 0 Å². The van der Waals surface area contributed by atoms with Crippen molar-refractivity contribution in [2.24, 2.45) is 0 Å². The third-order valence-electron chi connectivity index (χ3n) is 5.80. The molecule has 1 unspecified atom stereocenters. The van der Waals surface area contributed by atoms with E-state index in [-0.39, 0.29) is 42.5 Å². The molecule has 7 nitrogen and oxygen atoms in total. The van der Waals surface area contributed by atoms with Crippen LogP contribution in [-0.4, -0.2) is 39.1 Å². The number of carbonyl (C=O) groups excluding carboxylic acids is 2. The molecule has 1 atom stereocenters. The summed E-state index contributed by atoms with van der Waals surface area (Å²) in [6.45, 7) is 4.39. The minimum Gasteiger partial charge on any atom is -0.332 e. The maximum Gasteiger partial charge on any atom is 0.269 e. The smallest absolute Gasteiger partial charge is 0.269 e. The van der Waals surface area contributed by atoms with E-state index in [1.807, 2.05) is 31.4 Å². The molecule has 2 amide bonds. The number of rotatable bonds is 11. The van der Waals surface area contributed by atoms with E-state index in [1.165, 1.54) is 46.6 Å². The van der Waals surface area contributed by atoms with Crippen molar-refractivity contribution in [3.05, 3.63) is 104 Å². The fourth-order valence-corrected chi connectivity index (χ4v) is 4.24. The molecule has 0 bridgehead atoms. The van der Waals surface area contributed by atoms with Gasteiger partial charge in [-0.15, -0.1) is 11.3 Å². The summed E-state index contributed by atoms with van der Waals surface area (Å²) in [6.07, 6.45) is 3.62.